The predicted octanol–water partition coefficient (Wildman–Crippen LogP) is 3.17. The molecule has 2 amide bonds. The van der Waals surface area contributed by atoms with Gasteiger partial charge in [-0.2, -0.15) is 0 Å². The normalized spacial score (nSPS) is 19.0. The highest BCUT2D eigenvalue weighted by Gasteiger charge is 2.34. The number of ether oxygens (including phenoxy) is 1. The summed E-state index contributed by atoms with van der Waals surface area (Å²) in [4.78, 5) is 29.2. The standard InChI is InChI=1S/C20H22N2O3S/c1-21-19(23)16-12-22(14-8-5-6-9-15(14)25-16)20(24)18-11-13-7-3-2-4-10-17(13)26-18/h5-6,8-9,11,16H,2-4,7,10,12H2,1H3,(H,21,23)/t16-/m1/s1. The lowest BCUT2D eigenvalue weighted by Gasteiger charge is -2.33. The third kappa shape index (κ3) is 3.09. The Kier molecular flexibility index (Phi) is 4.68. The van der Waals surface area contributed by atoms with Crippen LogP contribution in [0, 0.1) is 0 Å². The van der Waals surface area contributed by atoms with Gasteiger partial charge in [-0.05, 0) is 49.4 Å². The van der Waals surface area contributed by atoms with Crippen LogP contribution in [0.5, 0.6) is 5.75 Å². The Labute approximate surface area is 157 Å². The van der Waals surface area contributed by atoms with Crippen LogP contribution in [0.25, 0.3) is 0 Å². The van der Waals surface area contributed by atoms with Gasteiger partial charge in [0.2, 0.25) is 0 Å². The maximum atomic E-state index is 13.3. The second-order valence-corrected chi connectivity index (χ2v) is 7.86. The number of carbonyl (C=O) groups is 2. The van der Waals surface area contributed by atoms with Crippen LogP contribution in [0.1, 0.15) is 39.4 Å². The molecule has 1 aromatic carbocycles. The monoisotopic (exact) mass is 370 g/mol. The molecule has 0 spiro atoms. The molecule has 0 unspecified atom stereocenters. The smallest absolute Gasteiger partial charge is 0.268 e. The highest BCUT2D eigenvalue weighted by molar-refractivity contribution is 7.14. The van der Waals surface area contributed by atoms with Gasteiger partial charge in [0.1, 0.15) is 5.75 Å². The van der Waals surface area contributed by atoms with E-state index in [-0.39, 0.29) is 18.4 Å². The van der Waals surface area contributed by atoms with E-state index in [1.165, 1.54) is 29.7 Å². The molecule has 1 aliphatic carbocycles. The lowest BCUT2D eigenvalue weighted by Crippen LogP contribution is -2.50. The fourth-order valence-corrected chi connectivity index (χ4v) is 4.83. The molecule has 0 fully saturated rings. The van der Waals surface area contributed by atoms with Crippen molar-refractivity contribution in [2.24, 2.45) is 0 Å². The number of amides is 2. The van der Waals surface area contributed by atoms with Gasteiger partial charge < -0.3 is 10.1 Å². The van der Waals surface area contributed by atoms with Gasteiger partial charge in [-0.15, -0.1) is 11.3 Å². The van der Waals surface area contributed by atoms with E-state index in [1.807, 2.05) is 18.2 Å². The number of nitrogens with zero attached hydrogens (tertiary/aromatic N) is 1. The summed E-state index contributed by atoms with van der Waals surface area (Å²) in [5, 5.41) is 2.61. The number of fused-ring (bicyclic) bond motifs is 2. The van der Waals surface area contributed by atoms with Crippen molar-refractivity contribution in [3.63, 3.8) is 0 Å². The molecule has 2 aliphatic rings. The van der Waals surface area contributed by atoms with Crippen LogP contribution in [0.3, 0.4) is 0 Å². The Morgan fingerprint density at radius 3 is 2.85 bits per heavy atom. The fraction of sp³-hybridized carbons (Fsp3) is 0.400. The lowest BCUT2D eigenvalue weighted by molar-refractivity contribution is -0.127. The molecule has 1 aromatic heterocycles. The van der Waals surface area contributed by atoms with Gasteiger partial charge in [-0.3, -0.25) is 14.5 Å². The summed E-state index contributed by atoms with van der Waals surface area (Å²) >= 11 is 1.61. The van der Waals surface area contributed by atoms with Crippen molar-refractivity contribution in [1.82, 2.24) is 5.32 Å². The molecule has 0 saturated heterocycles. The van der Waals surface area contributed by atoms with Gasteiger partial charge in [0.25, 0.3) is 11.8 Å². The third-order valence-corrected chi connectivity index (χ3v) is 6.24. The third-order valence-electron chi connectivity index (χ3n) is 5.02. The number of hydrogen-bond donors (Lipinski definition) is 1. The zero-order chi connectivity index (χ0) is 18.1. The summed E-state index contributed by atoms with van der Waals surface area (Å²) in [6.07, 6.45) is 5.07. The van der Waals surface area contributed by atoms with E-state index >= 15 is 0 Å². The molecule has 1 N–H and O–H groups in total. The molecule has 0 saturated carbocycles. The van der Waals surface area contributed by atoms with E-state index in [1.54, 1.807) is 29.4 Å². The van der Waals surface area contributed by atoms with Gasteiger partial charge in [-0.25, -0.2) is 0 Å². The molecule has 0 bridgehead atoms. The van der Waals surface area contributed by atoms with Crippen molar-refractivity contribution in [2.75, 3.05) is 18.5 Å². The molecule has 1 atom stereocenters. The van der Waals surface area contributed by atoms with E-state index in [4.69, 9.17) is 4.74 Å². The van der Waals surface area contributed by atoms with Crippen molar-refractivity contribution in [2.45, 2.75) is 38.2 Å². The van der Waals surface area contributed by atoms with Crippen LogP contribution in [0.2, 0.25) is 0 Å². The molecule has 4 rings (SSSR count). The average Bonchev–Trinajstić information content (AvgIpc) is 2.96. The number of nitrogens with one attached hydrogen (secondary N) is 1. The summed E-state index contributed by atoms with van der Waals surface area (Å²) in [6.45, 7) is 0.220. The first-order valence-corrected chi connectivity index (χ1v) is 9.89. The Morgan fingerprint density at radius 2 is 2.00 bits per heavy atom. The predicted molar refractivity (Wildman–Crippen MR) is 102 cm³/mol. The summed E-state index contributed by atoms with van der Waals surface area (Å²) in [5.41, 5.74) is 2.04. The summed E-state index contributed by atoms with van der Waals surface area (Å²) in [7, 11) is 1.58. The lowest BCUT2D eigenvalue weighted by atomic mass is 10.1. The van der Waals surface area contributed by atoms with E-state index in [9.17, 15) is 9.59 Å². The Morgan fingerprint density at radius 1 is 1.19 bits per heavy atom. The summed E-state index contributed by atoms with van der Waals surface area (Å²) in [5.74, 6) is 0.297. The number of carbonyl (C=O) groups excluding carboxylic acids is 2. The minimum absolute atomic E-state index is 0.0484. The quantitative estimate of drug-likeness (QED) is 0.826. The van der Waals surface area contributed by atoms with Crippen molar-refractivity contribution in [1.29, 1.82) is 0 Å². The molecule has 26 heavy (non-hydrogen) atoms. The van der Waals surface area contributed by atoms with E-state index in [0.29, 0.717) is 5.75 Å². The van der Waals surface area contributed by atoms with E-state index in [0.717, 1.165) is 23.4 Å². The fourth-order valence-electron chi connectivity index (χ4n) is 3.63. The molecule has 136 valence electrons. The van der Waals surface area contributed by atoms with Crippen molar-refractivity contribution in [3.05, 3.63) is 45.6 Å². The maximum Gasteiger partial charge on any atom is 0.268 e. The summed E-state index contributed by atoms with van der Waals surface area (Å²) < 4.78 is 5.80. The second kappa shape index (κ2) is 7.11. The maximum absolute atomic E-state index is 13.3. The van der Waals surface area contributed by atoms with Crippen LogP contribution in [-0.2, 0) is 17.6 Å². The Hall–Kier alpha value is -2.34. The van der Waals surface area contributed by atoms with Crippen LogP contribution < -0.4 is 15.0 Å². The highest BCUT2D eigenvalue weighted by atomic mass is 32.1. The first-order chi connectivity index (χ1) is 12.7. The van der Waals surface area contributed by atoms with Gasteiger partial charge >= 0.3 is 0 Å². The SMILES string of the molecule is CNC(=O)[C@H]1CN(C(=O)c2cc3c(s2)CCCCC3)c2ccccc2O1. The van der Waals surface area contributed by atoms with E-state index in [2.05, 4.69) is 11.4 Å². The largest absolute Gasteiger partial charge is 0.477 e. The van der Waals surface area contributed by atoms with Crippen molar-refractivity contribution < 1.29 is 14.3 Å². The molecule has 0 radical (unpaired) electrons. The number of para-hydroxylation sites is 2. The van der Waals surface area contributed by atoms with Gasteiger partial charge in [0, 0.05) is 11.9 Å². The van der Waals surface area contributed by atoms with Gasteiger partial charge in [0.15, 0.2) is 6.10 Å². The number of thiophene rings is 1. The second-order valence-electron chi connectivity index (χ2n) is 6.72. The van der Waals surface area contributed by atoms with Crippen LogP contribution in [0.15, 0.2) is 30.3 Å². The van der Waals surface area contributed by atoms with E-state index < -0.39 is 6.10 Å². The number of benzene rings is 1. The molecule has 5 nitrogen and oxygen atoms in total. The number of likely N-dealkylation sites (N-methyl/N-ethyl adjacent to an activating group) is 1. The molecular formula is C20H22N2O3S. The molecule has 2 heterocycles. The number of anilines is 1. The Balaban J connectivity index is 1.67. The molecular weight excluding hydrogens is 348 g/mol. The molecule has 1 aliphatic heterocycles. The van der Waals surface area contributed by atoms with Crippen molar-refractivity contribution >= 4 is 28.8 Å². The first kappa shape index (κ1) is 17.1. The first-order valence-electron chi connectivity index (χ1n) is 9.08. The minimum Gasteiger partial charge on any atom is -0.477 e. The van der Waals surface area contributed by atoms with Crippen molar-refractivity contribution in [3.8, 4) is 5.75 Å². The summed E-state index contributed by atoms with van der Waals surface area (Å²) in [6, 6.07) is 9.45. The topological polar surface area (TPSA) is 58.6 Å². The Bertz CT molecular complexity index is 822. The van der Waals surface area contributed by atoms with Gasteiger partial charge in [0.05, 0.1) is 17.1 Å². The zero-order valence-electron chi connectivity index (χ0n) is 14.8. The van der Waals surface area contributed by atoms with Gasteiger partial charge in [-0.1, -0.05) is 18.6 Å². The minimum atomic E-state index is -0.698. The number of hydrogen-bond acceptors (Lipinski definition) is 4. The van der Waals surface area contributed by atoms with Crippen LogP contribution in [0.4, 0.5) is 5.69 Å². The molecule has 2 aromatic rings. The number of aryl methyl sites for hydroxylation is 2. The average molecular weight is 370 g/mol. The van der Waals surface area contributed by atoms with Crippen LogP contribution >= 0.6 is 11.3 Å². The van der Waals surface area contributed by atoms with Crippen LogP contribution in [-0.4, -0.2) is 31.5 Å². The molecule has 6 heteroatoms. The zero-order valence-corrected chi connectivity index (χ0v) is 15.6. The highest BCUT2D eigenvalue weighted by Crippen LogP contribution is 2.36. The number of rotatable bonds is 2.